The first-order valence-corrected chi connectivity index (χ1v) is 6.06. The van der Waals surface area contributed by atoms with E-state index >= 15 is 0 Å². The summed E-state index contributed by atoms with van der Waals surface area (Å²) in [6, 6.07) is 4.33. The highest BCUT2D eigenvalue weighted by Gasteiger charge is 2.39. The number of hydrogen-bond donors (Lipinski definition) is 2. The summed E-state index contributed by atoms with van der Waals surface area (Å²) in [5.41, 5.74) is -0.0674. The molecule has 0 bridgehead atoms. The minimum absolute atomic E-state index is 0.0674. The van der Waals surface area contributed by atoms with Gasteiger partial charge in [0.05, 0.1) is 6.54 Å². The van der Waals surface area contributed by atoms with Crippen LogP contribution in [0.3, 0.4) is 0 Å². The average molecular weight is 295 g/mol. The lowest BCUT2D eigenvalue weighted by molar-refractivity contribution is -0.109. The molecule has 3 nitrogen and oxygen atoms in total. The van der Waals surface area contributed by atoms with Gasteiger partial charge in [-0.3, -0.25) is 0 Å². The minimum atomic E-state index is -3.37. The second-order valence-electron chi connectivity index (χ2n) is 4.65. The first-order chi connectivity index (χ1) is 9.22. The lowest BCUT2D eigenvalue weighted by atomic mass is 10.0. The van der Waals surface area contributed by atoms with Gasteiger partial charge in [0.1, 0.15) is 11.9 Å². The largest absolute Gasteiger partial charge is 0.435 e. The van der Waals surface area contributed by atoms with Crippen LogP contribution in [0.15, 0.2) is 24.3 Å². The molecule has 0 fully saturated rings. The number of hydrogen-bond acceptors (Lipinski definition) is 3. The van der Waals surface area contributed by atoms with E-state index in [1.54, 1.807) is 13.8 Å². The zero-order valence-electron chi connectivity index (χ0n) is 11.1. The SMILES string of the molecule is CC(C)NCC(F)(F)C(O)c1ccc(OC(F)F)cc1. The van der Waals surface area contributed by atoms with Gasteiger partial charge in [-0.1, -0.05) is 26.0 Å². The molecule has 1 atom stereocenters. The predicted octanol–water partition coefficient (Wildman–Crippen LogP) is 2.95. The standard InChI is InChI=1S/C13H17F4NO2/c1-8(2)18-7-13(16,17)11(19)9-3-5-10(6-4-9)20-12(14)15/h3-6,8,11-12,18-19H,7H2,1-2H3. The Morgan fingerprint density at radius 1 is 1.20 bits per heavy atom. The van der Waals surface area contributed by atoms with Gasteiger partial charge in [-0.2, -0.15) is 8.78 Å². The van der Waals surface area contributed by atoms with Crippen LogP contribution in [0, 0.1) is 0 Å². The van der Waals surface area contributed by atoms with Crippen LogP contribution in [0.4, 0.5) is 17.6 Å². The Morgan fingerprint density at radius 2 is 1.75 bits per heavy atom. The van der Waals surface area contributed by atoms with Crippen LogP contribution in [0.25, 0.3) is 0 Å². The van der Waals surface area contributed by atoms with Crippen LogP contribution in [0.1, 0.15) is 25.5 Å². The summed E-state index contributed by atoms with van der Waals surface area (Å²) in [7, 11) is 0. The Hall–Kier alpha value is -1.34. The fraction of sp³-hybridized carbons (Fsp3) is 0.538. The summed E-state index contributed by atoms with van der Waals surface area (Å²) in [6.07, 6.45) is -2.02. The highest BCUT2D eigenvalue weighted by Crippen LogP contribution is 2.31. The van der Waals surface area contributed by atoms with Gasteiger partial charge >= 0.3 is 6.61 Å². The van der Waals surface area contributed by atoms with E-state index in [-0.39, 0.29) is 17.4 Å². The highest BCUT2D eigenvalue weighted by atomic mass is 19.3. The zero-order chi connectivity index (χ0) is 15.3. The molecular formula is C13H17F4NO2. The van der Waals surface area contributed by atoms with Gasteiger partial charge < -0.3 is 15.2 Å². The predicted molar refractivity (Wildman–Crippen MR) is 66.1 cm³/mol. The number of aliphatic hydroxyl groups is 1. The van der Waals surface area contributed by atoms with Gasteiger partial charge in [-0.25, -0.2) is 8.78 Å². The molecule has 0 saturated heterocycles. The quantitative estimate of drug-likeness (QED) is 0.760. The van der Waals surface area contributed by atoms with E-state index in [9.17, 15) is 22.7 Å². The molecule has 0 saturated carbocycles. The molecule has 0 aliphatic rings. The average Bonchev–Trinajstić information content (AvgIpc) is 2.36. The van der Waals surface area contributed by atoms with E-state index < -0.39 is 25.2 Å². The summed E-state index contributed by atoms with van der Waals surface area (Å²) in [4.78, 5) is 0. The van der Waals surface area contributed by atoms with Gasteiger partial charge in [0.2, 0.25) is 0 Å². The summed E-state index contributed by atoms with van der Waals surface area (Å²) in [6.45, 7) is -0.249. The Kier molecular flexibility index (Phi) is 5.76. The molecule has 1 rings (SSSR count). The lowest BCUT2D eigenvalue weighted by Crippen LogP contribution is -2.40. The molecule has 0 aliphatic carbocycles. The van der Waals surface area contributed by atoms with E-state index in [1.165, 1.54) is 0 Å². The maximum Gasteiger partial charge on any atom is 0.387 e. The molecule has 1 aromatic rings. The molecule has 0 heterocycles. The molecule has 7 heteroatoms. The van der Waals surface area contributed by atoms with Crippen molar-refractivity contribution in [3.8, 4) is 5.75 Å². The van der Waals surface area contributed by atoms with Gasteiger partial charge in [-0.15, -0.1) is 0 Å². The van der Waals surface area contributed by atoms with Crippen molar-refractivity contribution < 1.29 is 27.4 Å². The molecule has 114 valence electrons. The first kappa shape index (κ1) is 16.7. The molecule has 0 aliphatic heterocycles. The topological polar surface area (TPSA) is 41.5 Å². The summed E-state index contributed by atoms with van der Waals surface area (Å²) >= 11 is 0. The summed E-state index contributed by atoms with van der Waals surface area (Å²) in [5.74, 6) is -3.52. The third kappa shape index (κ3) is 4.97. The van der Waals surface area contributed by atoms with Crippen LogP contribution in [-0.2, 0) is 0 Å². The number of nitrogens with one attached hydrogen (secondary N) is 1. The van der Waals surface area contributed by atoms with Gasteiger partial charge in [0.25, 0.3) is 5.92 Å². The maximum atomic E-state index is 13.7. The van der Waals surface area contributed by atoms with Crippen molar-refractivity contribution in [1.29, 1.82) is 0 Å². The summed E-state index contributed by atoms with van der Waals surface area (Å²) in [5, 5.41) is 12.2. The van der Waals surface area contributed by atoms with Crippen molar-refractivity contribution in [2.24, 2.45) is 0 Å². The van der Waals surface area contributed by atoms with Crippen LogP contribution < -0.4 is 10.1 Å². The lowest BCUT2D eigenvalue weighted by Gasteiger charge is -2.24. The van der Waals surface area contributed by atoms with Gasteiger partial charge in [0.15, 0.2) is 0 Å². The summed E-state index contributed by atoms with van der Waals surface area (Å²) < 4.78 is 55.4. The van der Waals surface area contributed by atoms with Crippen molar-refractivity contribution in [2.45, 2.75) is 38.5 Å². The molecular weight excluding hydrogens is 278 g/mol. The molecule has 0 spiro atoms. The van der Waals surface area contributed by atoms with Crippen LogP contribution in [0.2, 0.25) is 0 Å². The first-order valence-electron chi connectivity index (χ1n) is 6.06. The normalized spacial score (nSPS) is 13.8. The third-order valence-corrected chi connectivity index (χ3v) is 2.57. The molecule has 2 N–H and O–H groups in total. The number of alkyl halides is 4. The van der Waals surface area contributed by atoms with Crippen molar-refractivity contribution in [2.75, 3.05) is 6.54 Å². The van der Waals surface area contributed by atoms with Crippen LogP contribution in [0.5, 0.6) is 5.75 Å². The minimum Gasteiger partial charge on any atom is -0.435 e. The van der Waals surface area contributed by atoms with Gasteiger partial charge in [-0.05, 0) is 17.7 Å². The smallest absolute Gasteiger partial charge is 0.387 e. The number of ether oxygens (including phenoxy) is 1. The number of aliphatic hydroxyl groups excluding tert-OH is 1. The van der Waals surface area contributed by atoms with E-state index in [0.717, 1.165) is 24.3 Å². The van der Waals surface area contributed by atoms with Crippen molar-refractivity contribution in [3.05, 3.63) is 29.8 Å². The Bertz CT molecular complexity index is 409. The fourth-order valence-corrected chi connectivity index (χ4v) is 1.51. The molecule has 0 amide bonds. The highest BCUT2D eigenvalue weighted by molar-refractivity contribution is 5.29. The molecule has 0 radical (unpaired) electrons. The number of rotatable bonds is 7. The number of halogens is 4. The van der Waals surface area contributed by atoms with Crippen molar-refractivity contribution in [1.82, 2.24) is 5.32 Å². The van der Waals surface area contributed by atoms with Gasteiger partial charge in [0, 0.05) is 6.04 Å². The van der Waals surface area contributed by atoms with Crippen LogP contribution in [-0.4, -0.2) is 30.2 Å². The van der Waals surface area contributed by atoms with Crippen LogP contribution >= 0.6 is 0 Å². The monoisotopic (exact) mass is 295 g/mol. The number of benzene rings is 1. The Morgan fingerprint density at radius 3 is 2.20 bits per heavy atom. The van der Waals surface area contributed by atoms with E-state index in [2.05, 4.69) is 10.1 Å². The van der Waals surface area contributed by atoms with Crippen molar-refractivity contribution >= 4 is 0 Å². The molecule has 0 aromatic heterocycles. The fourth-order valence-electron chi connectivity index (χ4n) is 1.51. The molecule has 20 heavy (non-hydrogen) atoms. The molecule has 1 unspecified atom stereocenters. The second-order valence-corrected chi connectivity index (χ2v) is 4.65. The zero-order valence-corrected chi connectivity index (χ0v) is 11.1. The second kappa shape index (κ2) is 6.90. The molecule has 1 aromatic carbocycles. The van der Waals surface area contributed by atoms with Crippen molar-refractivity contribution in [3.63, 3.8) is 0 Å². The van der Waals surface area contributed by atoms with E-state index in [4.69, 9.17) is 0 Å². The van der Waals surface area contributed by atoms with E-state index in [0.29, 0.717) is 0 Å². The third-order valence-electron chi connectivity index (χ3n) is 2.57. The maximum absolute atomic E-state index is 13.7. The van der Waals surface area contributed by atoms with E-state index in [1.807, 2.05) is 0 Å². The Balaban J connectivity index is 2.73. The Labute approximate surface area is 114 Å².